The number of benzene rings is 2. The van der Waals surface area contributed by atoms with E-state index in [1.54, 1.807) is 19.1 Å². The molecule has 0 radical (unpaired) electrons. The molecule has 0 spiro atoms. The molecule has 0 heterocycles. The van der Waals surface area contributed by atoms with Gasteiger partial charge in [-0.2, -0.15) is 0 Å². The van der Waals surface area contributed by atoms with Crippen LogP contribution in [-0.2, 0) is 12.0 Å². The number of rotatable bonds is 3. The van der Waals surface area contributed by atoms with Crippen molar-refractivity contribution < 1.29 is 9.50 Å². The first kappa shape index (κ1) is 14.7. The SMILES string of the molecule is CC(O)(Cc1cc(Br)ccc1F)c1cccc(Br)c1. The summed E-state index contributed by atoms with van der Waals surface area (Å²) >= 11 is 6.69. The molecule has 2 rings (SSSR count). The van der Waals surface area contributed by atoms with E-state index in [0.717, 1.165) is 14.5 Å². The molecule has 0 bridgehead atoms. The second-order valence-corrected chi connectivity index (χ2v) is 6.53. The summed E-state index contributed by atoms with van der Waals surface area (Å²) in [5, 5.41) is 10.6. The van der Waals surface area contributed by atoms with Crippen molar-refractivity contribution in [2.24, 2.45) is 0 Å². The predicted octanol–water partition coefficient (Wildman–Crippen LogP) is 4.80. The van der Waals surface area contributed by atoms with Gasteiger partial charge in [-0.1, -0.05) is 44.0 Å². The molecule has 0 amide bonds. The molecule has 0 aliphatic rings. The van der Waals surface area contributed by atoms with E-state index in [9.17, 15) is 9.50 Å². The first-order chi connectivity index (χ1) is 8.88. The second-order valence-electron chi connectivity index (χ2n) is 4.70. The van der Waals surface area contributed by atoms with Crippen LogP contribution < -0.4 is 0 Å². The molecule has 0 aliphatic carbocycles. The van der Waals surface area contributed by atoms with Crippen LogP contribution in [-0.4, -0.2) is 5.11 Å². The minimum absolute atomic E-state index is 0.217. The van der Waals surface area contributed by atoms with Gasteiger partial charge in [0.25, 0.3) is 0 Å². The second kappa shape index (κ2) is 5.73. The lowest BCUT2D eigenvalue weighted by Gasteiger charge is -2.24. The summed E-state index contributed by atoms with van der Waals surface area (Å²) in [6, 6.07) is 12.2. The lowest BCUT2D eigenvalue weighted by Crippen LogP contribution is -2.24. The lowest BCUT2D eigenvalue weighted by molar-refractivity contribution is 0.0566. The van der Waals surface area contributed by atoms with E-state index in [4.69, 9.17) is 0 Å². The summed E-state index contributed by atoms with van der Waals surface area (Å²) in [5.41, 5.74) is 0.117. The van der Waals surface area contributed by atoms with E-state index in [1.807, 2.05) is 24.3 Å². The molecule has 0 aliphatic heterocycles. The zero-order valence-corrected chi connectivity index (χ0v) is 13.5. The van der Waals surface area contributed by atoms with Crippen molar-refractivity contribution in [3.63, 3.8) is 0 Å². The number of hydrogen-bond donors (Lipinski definition) is 1. The molecule has 1 N–H and O–H groups in total. The third kappa shape index (κ3) is 3.65. The van der Waals surface area contributed by atoms with E-state index in [2.05, 4.69) is 31.9 Å². The van der Waals surface area contributed by atoms with Crippen LogP contribution in [0, 0.1) is 5.82 Å². The first-order valence-corrected chi connectivity index (χ1v) is 7.39. The van der Waals surface area contributed by atoms with E-state index in [0.29, 0.717) is 5.56 Å². The standard InChI is InChI=1S/C15H13Br2FO/c1-15(19,11-3-2-4-12(16)8-11)9-10-7-13(17)5-6-14(10)18/h2-8,19H,9H2,1H3. The summed E-state index contributed by atoms with van der Waals surface area (Å²) in [4.78, 5) is 0. The van der Waals surface area contributed by atoms with Crippen molar-refractivity contribution in [3.05, 3.63) is 68.4 Å². The highest BCUT2D eigenvalue weighted by Gasteiger charge is 2.25. The average molecular weight is 388 g/mol. The molecule has 0 saturated carbocycles. The summed E-state index contributed by atoms with van der Waals surface area (Å²) in [6.07, 6.45) is 0.217. The van der Waals surface area contributed by atoms with Gasteiger partial charge in [0.2, 0.25) is 0 Å². The van der Waals surface area contributed by atoms with Crippen LogP contribution in [0.2, 0.25) is 0 Å². The number of aliphatic hydroxyl groups is 1. The fourth-order valence-electron chi connectivity index (χ4n) is 1.98. The maximum atomic E-state index is 13.8. The van der Waals surface area contributed by atoms with Crippen molar-refractivity contribution in [1.29, 1.82) is 0 Å². The van der Waals surface area contributed by atoms with Gasteiger partial charge in [-0.3, -0.25) is 0 Å². The summed E-state index contributed by atoms with van der Waals surface area (Å²) in [6.45, 7) is 1.69. The smallest absolute Gasteiger partial charge is 0.126 e. The van der Waals surface area contributed by atoms with Gasteiger partial charge in [0.05, 0.1) is 5.60 Å². The topological polar surface area (TPSA) is 20.2 Å². The molecule has 19 heavy (non-hydrogen) atoms. The van der Waals surface area contributed by atoms with Gasteiger partial charge >= 0.3 is 0 Å². The van der Waals surface area contributed by atoms with Crippen molar-refractivity contribution in [2.45, 2.75) is 18.9 Å². The molecule has 0 fully saturated rings. The summed E-state index contributed by atoms with van der Waals surface area (Å²) in [7, 11) is 0. The zero-order chi connectivity index (χ0) is 14.0. The van der Waals surface area contributed by atoms with E-state index < -0.39 is 5.60 Å². The Morgan fingerprint density at radius 2 is 1.79 bits per heavy atom. The highest BCUT2D eigenvalue weighted by atomic mass is 79.9. The molecule has 1 nitrogen and oxygen atoms in total. The molecule has 100 valence electrons. The van der Waals surface area contributed by atoms with Crippen molar-refractivity contribution in [3.8, 4) is 0 Å². The summed E-state index contributed by atoms with van der Waals surface area (Å²) < 4.78 is 15.4. The molecule has 2 aromatic carbocycles. The number of halogens is 3. The Morgan fingerprint density at radius 3 is 2.47 bits per heavy atom. The van der Waals surface area contributed by atoms with E-state index in [1.165, 1.54) is 6.07 Å². The monoisotopic (exact) mass is 386 g/mol. The molecule has 1 unspecified atom stereocenters. The van der Waals surface area contributed by atoms with Crippen LogP contribution in [0.25, 0.3) is 0 Å². The Bertz CT molecular complexity index is 596. The van der Waals surface area contributed by atoms with Gasteiger partial charge in [-0.25, -0.2) is 4.39 Å². The normalized spacial score (nSPS) is 14.2. The van der Waals surface area contributed by atoms with E-state index in [-0.39, 0.29) is 12.2 Å². The fraction of sp³-hybridized carbons (Fsp3) is 0.200. The zero-order valence-electron chi connectivity index (χ0n) is 10.3. The number of hydrogen-bond acceptors (Lipinski definition) is 1. The molecule has 4 heteroatoms. The van der Waals surface area contributed by atoms with Crippen LogP contribution in [0.1, 0.15) is 18.1 Å². The van der Waals surface area contributed by atoms with Crippen LogP contribution in [0.4, 0.5) is 4.39 Å². The molecule has 2 aromatic rings. The molecule has 1 atom stereocenters. The van der Waals surface area contributed by atoms with Crippen LogP contribution >= 0.6 is 31.9 Å². The minimum Gasteiger partial charge on any atom is -0.385 e. The van der Waals surface area contributed by atoms with Crippen molar-refractivity contribution in [2.75, 3.05) is 0 Å². The van der Waals surface area contributed by atoms with Crippen molar-refractivity contribution >= 4 is 31.9 Å². The Kier molecular flexibility index (Phi) is 4.43. The molecule has 0 aromatic heterocycles. The van der Waals surface area contributed by atoms with Crippen LogP contribution in [0.15, 0.2) is 51.4 Å². The Balaban J connectivity index is 2.33. The Morgan fingerprint density at radius 1 is 1.11 bits per heavy atom. The highest BCUT2D eigenvalue weighted by Crippen LogP contribution is 2.29. The Hall–Kier alpha value is -0.710. The molecular formula is C15H13Br2FO. The predicted molar refractivity (Wildman–Crippen MR) is 81.5 cm³/mol. The minimum atomic E-state index is -1.12. The maximum absolute atomic E-state index is 13.8. The van der Waals surface area contributed by atoms with Crippen molar-refractivity contribution in [1.82, 2.24) is 0 Å². The molecular weight excluding hydrogens is 375 g/mol. The maximum Gasteiger partial charge on any atom is 0.126 e. The molecule has 0 saturated heterocycles. The highest BCUT2D eigenvalue weighted by molar-refractivity contribution is 9.10. The largest absolute Gasteiger partial charge is 0.385 e. The van der Waals surface area contributed by atoms with Gasteiger partial charge in [-0.05, 0) is 48.4 Å². The average Bonchev–Trinajstić information content (AvgIpc) is 2.33. The Labute approximate surface area is 128 Å². The summed E-state index contributed by atoms with van der Waals surface area (Å²) in [5.74, 6) is -0.307. The van der Waals surface area contributed by atoms with Crippen LogP contribution in [0.3, 0.4) is 0 Å². The first-order valence-electron chi connectivity index (χ1n) is 5.81. The van der Waals surface area contributed by atoms with Gasteiger partial charge in [0.15, 0.2) is 0 Å². The van der Waals surface area contributed by atoms with Gasteiger partial charge in [-0.15, -0.1) is 0 Å². The van der Waals surface area contributed by atoms with Gasteiger partial charge in [0.1, 0.15) is 5.82 Å². The van der Waals surface area contributed by atoms with Gasteiger partial charge < -0.3 is 5.11 Å². The fourth-order valence-corrected chi connectivity index (χ4v) is 2.78. The third-order valence-corrected chi connectivity index (χ3v) is 3.98. The van der Waals surface area contributed by atoms with Gasteiger partial charge in [0, 0.05) is 15.4 Å². The lowest BCUT2D eigenvalue weighted by atomic mass is 9.89. The van der Waals surface area contributed by atoms with E-state index >= 15 is 0 Å². The van der Waals surface area contributed by atoms with Crippen LogP contribution in [0.5, 0.6) is 0 Å². The third-order valence-electron chi connectivity index (χ3n) is 2.99. The quantitative estimate of drug-likeness (QED) is 0.801.